The largest absolute Gasteiger partial charge is 0.396 e. The van der Waals surface area contributed by atoms with E-state index in [2.05, 4.69) is 16.8 Å². The smallest absolute Gasteiger partial charge is 0.236 e. The number of nitrogens with zero attached hydrogens (tertiary/aromatic N) is 3. The Kier molecular flexibility index (Phi) is 7.04. The number of likely N-dealkylation sites (N-methyl/N-ethyl adjacent to an activating group) is 1. The number of amides is 1. The molecule has 0 radical (unpaired) electrons. The maximum Gasteiger partial charge on any atom is 0.236 e. The molecule has 28 heavy (non-hydrogen) atoms. The lowest BCUT2D eigenvalue weighted by Gasteiger charge is -2.45. The lowest BCUT2D eigenvalue weighted by atomic mass is 9.73. The number of hydrogen-bond acceptors (Lipinski definition) is 5. The molecular weight excluding hydrogens is 361 g/mol. The van der Waals surface area contributed by atoms with Crippen LogP contribution in [0.1, 0.15) is 18.4 Å². The van der Waals surface area contributed by atoms with Gasteiger partial charge in [0, 0.05) is 31.6 Å². The quantitative estimate of drug-likeness (QED) is 0.766. The van der Waals surface area contributed by atoms with E-state index in [-0.39, 0.29) is 18.3 Å². The van der Waals surface area contributed by atoms with Gasteiger partial charge in [-0.1, -0.05) is 12.1 Å². The number of piperidine rings is 1. The minimum atomic E-state index is -0.815. The molecule has 6 nitrogen and oxygen atoms in total. The fourth-order valence-electron chi connectivity index (χ4n) is 4.30. The zero-order chi connectivity index (χ0) is 20.1. The molecule has 2 N–H and O–H groups in total. The third kappa shape index (κ3) is 5.08. The summed E-state index contributed by atoms with van der Waals surface area (Å²) in [5, 5.41) is 20.8. The Labute approximate surface area is 166 Å². The van der Waals surface area contributed by atoms with Crippen LogP contribution in [0.3, 0.4) is 0 Å². The standard InChI is InChI=1S/C21H32FN3O3/c1-23-8-2-9-24(12-11-23)14-20(28)25-10-7-19(27)21(15-25,16-26)13-17-3-5-18(22)6-4-17/h3-6,19,26-27H,2,7-16H2,1H3/t19-,21-/m0/s1. The number of aliphatic hydroxyl groups is 2. The van der Waals surface area contributed by atoms with Gasteiger partial charge in [0.25, 0.3) is 0 Å². The molecule has 2 fully saturated rings. The molecule has 2 aliphatic heterocycles. The molecule has 7 heteroatoms. The van der Waals surface area contributed by atoms with Crippen LogP contribution >= 0.6 is 0 Å². The summed E-state index contributed by atoms with van der Waals surface area (Å²) in [4.78, 5) is 19.2. The number of carbonyl (C=O) groups excluding carboxylic acids is 1. The van der Waals surface area contributed by atoms with Gasteiger partial charge >= 0.3 is 0 Å². The first-order chi connectivity index (χ1) is 13.4. The minimum Gasteiger partial charge on any atom is -0.396 e. The summed E-state index contributed by atoms with van der Waals surface area (Å²) in [5.41, 5.74) is 0.0319. The Hall–Kier alpha value is -1.54. The third-order valence-electron chi connectivity index (χ3n) is 6.19. The van der Waals surface area contributed by atoms with Crippen molar-refractivity contribution < 1.29 is 19.4 Å². The molecule has 0 aliphatic carbocycles. The molecule has 0 bridgehead atoms. The van der Waals surface area contributed by atoms with E-state index in [1.54, 1.807) is 17.0 Å². The fourth-order valence-corrected chi connectivity index (χ4v) is 4.30. The van der Waals surface area contributed by atoms with Gasteiger partial charge in [-0.25, -0.2) is 4.39 Å². The van der Waals surface area contributed by atoms with Crippen LogP contribution in [0, 0.1) is 11.2 Å². The second-order valence-corrected chi connectivity index (χ2v) is 8.38. The third-order valence-corrected chi connectivity index (χ3v) is 6.19. The Morgan fingerprint density at radius 1 is 1.18 bits per heavy atom. The summed E-state index contributed by atoms with van der Waals surface area (Å²) in [5.74, 6) is -0.265. The predicted octanol–water partition coefficient (Wildman–Crippen LogP) is 0.578. The normalized spacial score (nSPS) is 27.6. The lowest BCUT2D eigenvalue weighted by Crippen LogP contribution is -2.57. The van der Waals surface area contributed by atoms with Crippen LogP contribution in [0.5, 0.6) is 0 Å². The molecule has 1 aromatic rings. The van der Waals surface area contributed by atoms with Crippen LogP contribution in [0.15, 0.2) is 24.3 Å². The van der Waals surface area contributed by atoms with Crippen molar-refractivity contribution in [1.82, 2.24) is 14.7 Å². The van der Waals surface area contributed by atoms with Crippen molar-refractivity contribution >= 4 is 5.91 Å². The van der Waals surface area contributed by atoms with Crippen molar-refractivity contribution in [2.75, 3.05) is 59.5 Å². The highest BCUT2D eigenvalue weighted by Gasteiger charge is 2.43. The number of carbonyl (C=O) groups is 1. The van der Waals surface area contributed by atoms with Crippen LogP contribution in [0.4, 0.5) is 4.39 Å². The summed E-state index contributed by atoms with van der Waals surface area (Å²) < 4.78 is 13.2. The first-order valence-corrected chi connectivity index (χ1v) is 10.1. The number of hydrogen-bond donors (Lipinski definition) is 2. The highest BCUT2D eigenvalue weighted by Crippen LogP contribution is 2.34. The van der Waals surface area contributed by atoms with Gasteiger partial charge in [0.05, 0.1) is 19.3 Å². The topological polar surface area (TPSA) is 67.2 Å². The SMILES string of the molecule is CN1CCCN(CC(=O)N2CC[C@H](O)[C@@](CO)(Cc3ccc(F)cc3)C2)CC1. The van der Waals surface area contributed by atoms with Gasteiger partial charge in [0.15, 0.2) is 0 Å². The van der Waals surface area contributed by atoms with Gasteiger partial charge in [-0.05, 0) is 57.1 Å². The predicted molar refractivity (Wildman–Crippen MR) is 105 cm³/mol. The van der Waals surface area contributed by atoms with Crippen molar-refractivity contribution in [3.8, 4) is 0 Å². The van der Waals surface area contributed by atoms with Gasteiger partial charge in [0.2, 0.25) is 5.91 Å². The molecule has 1 aromatic carbocycles. The zero-order valence-electron chi connectivity index (χ0n) is 16.7. The lowest BCUT2D eigenvalue weighted by molar-refractivity contribution is -0.143. The molecule has 1 amide bonds. The van der Waals surface area contributed by atoms with E-state index >= 15 is 0 Å². The van der Waals surface area contributed by atoms with E-state index in [1.807, 2.05) is 0 Å². The molecule has 156 valence electrons. The Balaban J connectivity index is 1.66. The van der Waals surface area contributed by atoms with Crippen molar-refractivity contribution in [3.05, 3.63) is 35.6 Å². The van der Waals surface area contributed by atoms with E-state index in [0.717, 1.165) is 38.2 Å². The fraction of sp³-hybridized carbons (Fsp3) is 0.667. The second-order valence-electron chi connectivity index (χ2n) is 8.38. The summed E-state index contributed by atoms with van der Waals surface area (Å²) in [6.07, 6.45) is 1.20. The van der Waals surface area contributed by atoms with Crippen LogP contribution < -0.4 is 0 Å². The van der Waals surface area contributed by atoms with Gasteiger partial charge < -0.3 is 20.0 Å². The van der Waals surface area contributed by atoms with Crippen molar-refractivity contribution in [2.45, 2.75) is 25.4 Å². The Morgan fingerprint density at radius 3 is 2.64 bits per heavy atom. The Bertz CT molecular complexity index is 657. The molecule has 0 unspecified atom stereocenters. The first kappa shape index (κ1) is 21.2. The minimum absolute atomic E-state index is 0.0494. The number of halogens is 1. The van der Waals surface area contributed by atoms with Crippen LogP contribution in [0.25, 0.3) is 0 Å². The average Bonchev–Trinajstić information content (AvgIpc) is 2.89. The summed E-state index contributed by atoms with van der Waals surface area (Å²) in [6, 6.07) is 6.12. The summed E-state index contributed by atoms with van der Waals surface area (Å²) >= 11 is 0. The second kappa shape index (κ2) is 9.31. The number of rotatable bonds is 5. The highest BCUT2D eigenvalue weighted by atomic mass is 19.1. The van der Waals surface area contributed by atoms with Gasteiger partial charge in [-0.2, -0.15) is 0 Å². The van der Waals surface area contributed by atoms with Gasteiger partial charge in [0.1, 0.15) is 5.82 Å². The van der Waals surface area contributed by atoms with Crippen molar-refractivity contribution in [3.63, 3.8) is 0 Å². The molecule has 3 rings (SSSR count). The number of likely N-dealkylation sites (tertiary alicyclic amines) is 1. The summed E-state index contributed by atoms with van der Waals surface area (Å²) in [6.45, 7) is 4.76. The van der Waals surface area contributed by atoms with E-state index in [9.17, 15) is 19.4 Å². The van der Waals surface area contributed by atoms with Crippen LogP contribution in [-0.4, -0.2) is 96.4 Å². The monoisotopic (exact) mass is 393 g/mol. The molecule has 0 spiro atoms. The van der Waals surface area contributed by atoms with Gasteiger partial charge in [-0.15, -0.1) is 0 Å². The number of benzene rings is 1. The first-order valence-electron chi connectivity index (χ1n) is 10.1. The maximum absolute atomic E-state index is 13.2. The van der Waals surface area contributed by atoms with Crippen LogP contribution in [0.2, 0.25) is 0 Å². The van der Waals surface area contributed by atoms with E-state index < -0.39 is 11.5 Å². The molecule has 0 saturated carbocycles. The van der Waals surface area contributed by atoms with Crippen molar-refractivity contribution in [2.24, 2.45) is 5.41 Å². The maximum atomic E-state index is 13.2. The average molecular weight is 394 g/mol. The van der Waals surface area contributed by atoms with Crippen LogP contribution in [-0.2, 0) is 11.2 Å². The molecule has 2 heterocycles. The zero-order valence-corrected chi connectivity index (χ0v) is 16.7. The number of aliphatic hydroxyl groups excluding tert-OH is 2. The molecule has 2 aliphatic rings. The Morgan fingerprint density at radius 2 is 1.93 bits per heavy atom. The van der Waals surface area contributed by atoms with Crippen molar-refractivity contribution in [1.29, 1.82) is 0 Å². The molecule has 2 atom stereocenters. The van der Waals surface area contributed by atoms with E-state index in [4.69, 9.17) is 0 Å². The van der Waals surface area contributed by atoms with E-state index in [1.165, 1.54) is 12.1 Å². The van der Waals surface area contributed by atoms with Gasteiger partial charge in [-0.3, -0.25) is 9.69 Å². The summed E-state index contributed by atoms with van der Waals surface area (Å²) in [7, 11) is 2.10. The molecule has 0 aromatic heterocycles. The van der Waals surface area contributed by atoms with E-state index in [0.29, 0.717) is 32.5 Å². The highest BCUT2D eigenvalue weighted by molar-refractivity contribution is 5.78. The molecule has 2 saturated heterocycles. The molecular formula is C21H32FN3O3.